The summed E-state index contributed by atoms with van der Waals surface area (Å²) in [4.78, 5) is 33.7. The predicted octanol–water partition coefficient (Wildman–Crippen LogP) is 2.24. The van der Waals surface area contributed by atoms with Crippen LogP contribution < -0.4 is 10.9 Å². The number of nitrogens with one attached hydrogen (secondary N) is 1. The van der Waals surface area contributed by atoms with Crippen LogP contribution in [-0.2, 0) is 6.42 Å². The maximum atomic E-state index is 12.9. The minimum absolute atomic E-state index is 0.0914. The molecule has 1 saturated carbocycles. The standard InChI is InChI=1S/C19H17FN4O2/c20-13-5-3-12(4-6-13)9-11-22-18(25)16-19(26)24(14-7-8-14)17-15(23-16)2-1-10-21-17/h1-6,10,14H,7-9,11H2,(H,22,25). The van der Waals surface area contributed by atoms with Gasteiger partial charge in [0.25, 0.3) is 11.5 Å². The van der Waals surface area contributed by atoms with E-state index < -0.39 is 11.5 Å². The Morgan fingerprint density at radius 3 is 2.73 bits per heavy atom. The number of pyridine rings is 1. The van der Waals surface area contributed by atoms with Crippen molar-refractivity contribution in [1.82, 2.24) is 19.9 Å². The molecule has 1 N–H and O–H groups in total. The monoisotopic (exact) mass is 352 g/mol. The van der Waals surface area contributed by atoms with E-state index in [9.17, 15) is 14.0 Å². The Morgan fingerprint density at radius 2 is 2.00 bits per heavy atom. The molecular weight excluding hydrogens is 335 g/mol. The molecule has 3 aromatic rings. The largest absolute Gasteiger partial charge is 0.350 e. The number of benzene rings is 1. The van der Waals surface area contributed by atoms with Crippen molar-refractivity contribution in [3.05, 3.63) is 70.0 Å². The average Bonchev–Trinajstić information content (AvgIpc) is 3.47. The lowest BCUT2D eigenvalue weighted by atomic mass is 10.1. The maximum Gasteiger partial charge on any atom is 0.284 e. The molecule has 1 amide bonds. The number of aromatic nitrogens is 3. The molecule has 1 aliphatic rings. The lowest BCUT2D eigenvalue weighted by Crippen LogP contribution is -2.35. The van der Waals surface area contributed by atoms with Crippen molar-refractivity contribution in [1.29, 1.82) is 0 Å². The number of hydrogen-bond donors (Lipinski definition) is 1. The average molecular weight is 352 g/mol. The smallest absolute Gasteiger partial charge is 0.284 e. The summed E-state index contributed by atoms with van der Waals surface area (Å²) in [6.07, 6.45) is 3.96. The van der Waals surface area contributed by atoms with Crippen molar-refractivity contribution in [2.24, 2.45) is 0 Å². The Hall–Kier alpha value is -3.09. The Morgan fingerprint density at radius 1 is 1.23 bits per heavy atom. The van der Waals surface area contributed by atoms with Crippen molar-refractivity contribution in [3.8, 4) is 0 Å². The van der Waals surface area contributed by atoms with E-state index in [4.69, 9.17) is 0 Å². The zero-order chi connectivity index (χ0) is 18.1. The zero-order valence-electron chi connectivity index (χ0n) is 14.0. The van der Waals surface area contributed by atoms with Gasteiger partial charge in [-0.05, 0) is 49.1 Å². The first-order valence-electron chi connectivity index (χ1n) is 8.53. The summed E-state index contributed by atoms with van der Waals surface area (Å²) in [5, 5.41) is 2.73. The topological polar surface area (TPSA) is 76.9 Å². The molecular formula is C19H17FN4O2. The first kappa shape index (κ1) is 16.4. The Bertz CT molecular complexity index is 1030. The number of fused-ring (bicyclic) bond motifs is 1. The summed E-state index contributed by atoms with van der Waals surface area (Å²) in [7, 11) is 0. The van der Waals surface area contributed by atoms with Crippen LogP contribution >= 0.6 is 0 Å². The molecule has 0 saturated heterocycles. The van der Waals surface area contributed by atoms with Crippen LogP contribution in [0.3, 0.4) is 0 Å². The van der Waals surface area contributed by atoms with Gasteiger partial charge in [-0.1, -0.05) is 12.1 Å². The van der Waals surface area contributed by atoms with Crippen LogP contribution in [0.15, 0.2) is 47.4 Å². The fourth-order valence-corrected chi connectivity index (χ4v) is 2.91. The van der Waals surface area contributed by atoms with Gasteiger partial charge in [-0.3, -0.25) is 14.2 Å². The second kappa shape index (κ2) is 6.67. The van der Waals surface area contributed by atoms with E-state index in [0.717, 1.165) is 18.4 Å². The number of hydrogen-bond acceptors (Lipinski definition) is 4. The lowest BCUT2D eigenvalue weighted by Gasteiger charge is -2.10. The van der Waals surface area contributed by atoms with E-state index >= 15 is 0 Å². The van der Waals surface area contributed by atoms with Gasteiger partial charge in [0.1, 0.15) is 11.3 Å². The highest BCUT2D eigenvalue weighted by atomic mass is 19.1. The fraction of sp³-hybridized carbons (Fsp3) is 0.263. The van der Waals surface area contributed by atoms with Crippen molar-refractivity contribution in [2.75, 3.05) is 6.54 Å². The molecule has 2 heterocycles. The van der Waals surface area contributed by atoms with Crippen LogP contribution in [0.25, 0.3) is 11.2 Å². The van der Waals surface area contributed by atoms with Crippen LogP contribution in [0.4, 0.5) is 4.39 Å². The second-order valence-corrected chi connectivity index (χ2v) is 6.35. The van der Waals surface area contributed by atoms with Crippen LogP contribution in [0, 0.1) is 5.82 Å². The summed E-state index contributed by atoms with van der Waals surface area (Å²) in [5.41, 5.74) is 1.43. The van der Waals surface area contributed by atoms with Crippen molar-refractivity contribution in [3.63, 3.8) is 0 Å². The predicted molar refractivity (Wildman–Crippen MR) is 94.5 cm³/mol. The number of carbonyl (C=O) groups is 1. The Balaban J connectivity index is 1.56. The van der Waals surface area contributed by atoms with E-state index in [1.165, 1.54) is 12.1 Å². The maximum absolute atomic E-state index is 12.9. The molecule has 2 aromatic heterocycles. The molecule has 0 bridgehead atoms. The fourth-order valence-electron chi connectivity index (χ4n) is 2.91. The zero-order valence-corrected chi connectivity index (χ0v) is 14.0. The summed E-state index contributed by atoms with van der Waals surface area (Å²) in [6.45, 7) is 0.333. The van der Waals surface area contributed by atoms with Crippen LogP contribution in [0.2, 0.25) is 0 Å². The van der Waals surface area contributed by atoms with Crippen LogP contribution in [-0.4, -0.2) is 27.0 Å². The van der Waals surface area contributed by atoms with Gasteiger partial charge in [0, 0.05) is 18.8 Å². The Labute approximate surface area is 148 Å². The third kappa shape index (κ3) is 3.20. The minimum Gasteiger partial charge on any atom is -0.350 e. The molecule has 6 nitrogen and oxygen atoms in total. The van der Waals surface area contributed by atoms with Gasteiger partial charge < -0.3 is 5.32 Å². The SMILES string of the molecule is O=C(NCCc1ccc(F)cc1)c1nc2cccnc2n(C2CC2)c1=O. The molecule has 26 heavy (non-hydrogen) atoms. The molecule has 132 valence electrons. The van der Waals surface area contributed by atoms with Crippen LogP contribution in [0.1, 0.15) is 34.9 Å². The van der Waals surface area contributed by atoms with E-state index in [-0.39, 0.29) is 17.6 Å². The Kier molecular flexibility index (Phi) is 4.20. The third-order valence-corrected chi connectivity index (χ3v) is 4.39. The van der Waals surface area contributed by atoms with Crippen molar-refractivity contribution < 1.29 is 9.18 Å². The summed E-state index contributed by atoms with van der Waals surface area (Å²) in [6, 6.07) is 9.66. The summed E-state index contributed by atoms with van der Waals surface area (Å²) >= 11 is 0. The van der Waals surface area contributed by atoms with Gasteiger partial charge in [-0.15, -0.1) is 0 Å². The number of carbonyl (C=O) groups excluding carboxylic acids is 1. The highest BCUT2D eigenvalue weighted by Gasteiger charge is 2.29. The molecule has 0 aliphatic heterocycles. The normalized spacial score (nSPS) is 13.7. The van der Waals surface area contributed by atoms with E-state index in [2.05, 4.69) is 15.3 Å². The minimum atomic E-state index is -0.503. The first-order chi connectivity index (χ1) is 12.6. The number of nitrogens with zero attached hydrogens (tertiary/aromatic N) is 3. The molecule has 1 aliphatic carbocycles. The van der Waals surface area contributed by atoms with Crippen molar-refractivity contribution >= 4 is 17.1 Å². The molecule has 0 spiro atoms. The van der Waals surface area contributed by atoms with Gasteiger partial charge in [0.05, 0.1) is 0 Å². The van der Waals surface area contributed by atoms with Gasteiger partial charge in [-0.25, -0.2) is 14.4 Å². The van der Waals surface area contributed by atoms with Crippen LogP contribution in [0.5, 0.6) is 0 Å². The number of rotatable bonds is 5. The first-order valence-corrected chi connectivity index (χ1v) is 8.53. The van der Waals surface area contributed by atoms with E-state index in [1.54, 1.807) is 35.0 Å². The highest BCUT2D eigenvalue weighted by molar-refractivity contribution is 5.93. The molecule has 1 fully saturated rings. The number of amides is 1. The molecule has 4 rings (SSSR count). The second-order valence-electron chi connectivity index (χ2n) is 6.35. The molecule has 0 radical (unpaired) electrons. The number of halogens is 1. The molecule has 1 aromatic carbocycles. The lowest BCUT2D eigenvalue weighted by molar-refractivity contribution is 0.0947. The molecule has 7 heteroatoms. The highest BCUT2D eigenvalue weighted by Crippen LogP contribution is 2.35. The van der Waals surface area contributed by atoms with E-state index in [1.807, 2.05) is 0 Å². The van der Waals surface area contributed by atoms with Gasteiger partial charge in [0.15, 0.2) is 11.3 Å². The summed E-state index contributed by atoms with van der Waals surface area (Å²) in [5.74, 6) is -0.801. The van der Waals surface area contributed by atoms with Gasteiger partial charge in [0.2, 0.25) is 0 Å². The summed E-state index contributed by atoms with van der Waals surface area (Å²) < 4.78 is 14.5. The van der Waals surface area contributed by atoms with Gasteiger partial charge in [-0.2, -0.15) is 0 Å². The van der Waals surface area contributed by atoms with Crippen molar-refractivity contribution in [2.45, 2.75) is 25.3 Å². The third-order valence-electron chi connectivity index (χ3n) is 4.39. The quantitative estimate of drug-likeness (QED) is 0.764. The van der Waals surface area contributed by atoms with Gasteiger partial charge >= 0.3 is 0 Å². The van der Waals surface area contributed by atoms with E-state index in [0.29, 0.717) is 24.1 Å². The molecule has 0 atom stereocenters. The molecule has 0 unspecified atom stereocenters.